The summed E-state index contributed by atoms with van der Waals surface area (Å²) in [6, 6.07) is 13.3. The molecule has 0 N–H and O–H groups in total. The largest absolute Gasteiger partial charge is 0.492 e. The van der Waals surface area contributed by atoms with Crippen LogP contribution in [-0.2, 0) is 0 Å². The molecule has 0 heterocycles. The molecule has 0 saturated carbocycles. The lowest BCUT2D eigenvalue weighted by Gasteiger charge is -2.19. The molecule has 0 saturated heterocycles. The Hall–Kier alpha value is -2.22. The molecular weight excluding hydrogens is 392 g/mol. The van der Waals surface area contributed by atoms with Crippen LogP contribution in [0.3, 0.4) is 0 Å². The van der Waals surface area contributed by atoms with Gasteiger partial charge in [0.1, 0.15) is 11.5 Å². The van der Waals surface area contributed by atoms with Crippen molar-refractivity contribution < 1.29 is 9.47 Å². The molecule has 0 bridgehead atoms. The van der Waals surface area contributed by atoms with E-state index in [1.165, 1.54) is 84.0 Å². The van der Waals surface area contributed by atoms with E-state index in [4.69, 9.17) is 9.47 Å². The predicted octanol–water partition coefficient (Wildman–Crippen LogP) is 9.31. The van der Waals surface area contributed by atoms with E-state index in [2.05, 4.69) is 64.1 Å². The summed E-state index contributed by atoms with van der Waals surface area (Å²) < 4.78 is 13.0. The highest BCUT2D eigenvalue weighted by Crippen LogP contribution is 2.43. The van der Waals surface area contributed by atoms with Crippen molar-refractivity contribution in [1.82, 2.24) is 0 Å². The van der Waals surface area contributed by atoms with Crippen LogP contribution in [0.4, 0.5) is 0 Å². The Bertz CT molecular complexity index is 908. The van der Waals surface area contributed by atoms with Crippen molar-refractivity contribution in [2.24, 2.45) is 0 Å². The Morgan fingerprint density at radius 2 is 0.906 bits per heavy atom. The Labute approximate surface area is 195 Å². The third kappa shape index (κ3) is 6.40. The van der Waals surface area contributed by atoms with Crippen LogP contribution in [0, 0.1) is 13.8 Å². The lowest BCUT2D eigenvalue weighted by molar-refractivity contribution is 0.306. The molecule has 2 nitrogen and oxygen atoms in total. The van der Waals surface area contributed by atoms with E-state index in [0.29, 0.717) is 0 Å². The van der Waals surface area contributed by atoms with Crippen LogP contribution in [0.1, 0.15) is 89.2 Å². The highest BCUT2D eigenvalue weighted by Gasteiger charge is 2.17. The van der Waals surface area contributed by atoms with Crippen molar-refractivity contribution in [1.29, 1.82) is 0 Å². The van der Waals surface area contributed by atoms with Crippen molar-refractivity contribution in [2.45, 2.75) is 91.9 Å². The Morgan fingerprint density at radius 3 is 1.31 bits per heavy atom. The Balaban J connectivity index is 1.91. The first-order valence-corrected chi connectivity index (χ1v) is 12.9. The van der Waals surface area contributed by atoms with E-state index in [0.717, 1.165) is 37.6 Å². The fourth-order valence-electron chi connectivity index (χ4n) is 4.45. The second-order valence-corrected chi connectivity index (χ2v) is 9.28. The number of unbranched alkanes of at least 4 members (excludes halogenated alkanes) is 8. The molecule has 0 unspecified atom stereocenters. The minimum Gasteiger partial charge on any atom is -0.492 e. The van der Waals surface area contributed by atoms with E-state index in [-0.39, 0.29) is 0 Å². The van der Waals surface area contributed by atoms with Crippen molar-refractivity contribution in [3.05, 3.63) is 47.5 Å². The van der Waals surface area contributed by atoms with Gasteiger partial charge in [0.15, 0.2) is 0 Å². The first-order chi connectivity index (χ1) is 15.7. The van der Waals surface area contributed by atoms with E-state index in [1.807, 2.05) is 0 Å². The molecule has 0 spiro atoms. The monoisotopic (exact) mass is 434 g/mol. The van der Waals surface area contributed by atoms with Crippen molar-refractivity contribution in [3.8, 4) is 11.5 Å². The second kappa shape index (κ2) is 12.7. The van der Waals surface area contributed by atoms with Gasteiger partial charge in [-0.05, 0) is 38.8 Å². The highest BCUT2D eigenvalue weighted by molar-refractivity contribution is 6.11. The standard InChI is InChI=1S/C30H42O2/c1-5-7-9-11-13-19-31-29-25-17-15-24(4)22-28(25)30(32-20-14-12-10-8-6-2)26-18-16-23(3)21-27(26)29/h15-18,21-22H,5-14,19-20H2,1-4H3. The van der Waals surface area contributed by atoms with Gasteiger partial charge in [-0.1, -0.05) is 101 Å². The summed E-state index contributed by atoms with van der Waals surface area (Å²) in [4.78, 5) is 0. The molecule has 0 amide bonds. The zero-order chi connectivity index (χ0) is 22.8. The average Bonchev–Trinajstić information content (AvgIpc) is 2.79. The number of benzene rings is 3. The van der Waals surface area contributed by atoms with Crippen LogP contribution in [0.2, 0.25) is 0 Å². The lowest BCUT2D eigenvalue weighted by Crippen LogP contribution is -2.03. The summed E-state index contributed by atoms with van der Waals surface area (Å²) in [5.74, 6) is 2.04. The average molecular weight is 435 g/mol. The quantitative estimate of drug-likeness (QED) is 0.186. The molecule has 3 aromatic carbocycles. The normalized spacial score (nSPS) is 11.4. The maximum Gasteiger partial charge on any atom is 0.135 e. The SMILES string of the molecule is CCCCCCCOc1c2ccc(C)cc2c(OCCCCCCC)c2ccc(C)cc12. The van der Waals surface area contributed by atoms with Gasteiger partial charge in [-0.3, -0.25) is 0 Å². The molecule has 0 radical (unpaired) electrons. The third-order valence-electron chi connectivity index (χ3n) is 6.32. The molecule has 0 aliphatic rings. The van der Waals surface area contributed by atoms with Gasteiger partial charge in [0.25, 0.3) is 0 Å². The van der Waals surface area contributed by atoms with Gasteiger partial charge in [-0.2, -0.15) is 0 Å². The van der Waals surface area contributed by atoms with Gasteiger partial charge in [0.05, 0.1) is 13.2 Å². The van der Waals surface area contributed by atoms with Gasteiger partial charge in [0.2, 0.25) is 0 Å². The minimum atomic E-state index is 0.771. The first-order valence-electron chi connectivity index (χ1n) is 12.9. The molecular formula is C30H42O2. The Kier molecular flexibility index (Phi) is 9.71. The summed E-state index contributed by atoms with van der Waals surface area (Å²) in [7, 11) is 0. The van der Waals surface area contributed by atoms with Crippen LogP contribution in [0.15, 0.2) is 36.4 Å². The number of fused-ring (bicyclic) bond motifs is 2. The van der Waals surface area contributed by atoms with Crippen LogP contribution in [0.25, 0.3) is 21.5 Å². The minimum absolute atomic E-state index is 0.771. The molecule has 0 aliphatic carbocycles. The predicted molar refractivity (Wildman–Crippen MR) is 139 cm³/mol. The number of rotatable bonds is 14. The summed E-state index contributed by atoms with van der Waals surface area (Å²) in [6.45, 7) is 10.4. The topological polar surface area (TPSA) is 18.5 Å². The molecule has 174 valence electrons. The molecule has 0 aromatic heterocycles. The van der Waals surface area contributed by atoms with E-state index in [9.17, 15) is 0 Å². The lowest BCUT2D eigenvalue weighted by atomic mass is 9.97. The van der Waals surface area contributed by atoms with E-state index < -0.39 is 0 Å². The zero-order valence-electron chi connectivity index (χ0n) is 20.8. The van der Waals surface area contributed by atoms with E-state index in [1.54, 1.807) is 0 Å². The summed E-state index contributed by atoms with van der Waals surface area (Å²) in [5.41, 5.74) is 2.50. The van der Waals surface area contributed by atoms with Gasteiger partial charge in [-0.25, -0.2) is 0 Å². The number of aryl methyl sites for hydroxylation is 2. The van der Waals surface area contributed by atoms with E-state index >= 15 is 0 Å². The van der Waals surface area contributed by atoms with Crippen LogP contribution >= 0.6 is 0 Å². The van der Waals surface area contributed by atoms with Crippen molar-refractivity contribution in [2.75, 3.05) is 13.2 Å². The molecule has 0 fully saturated rings. The summed E-state index contributed by atoms with van der Waals surface area (Å²) in [6.07, 6.45) is 12.5. The summed E-state index contributed by atoms with van der Waals surface area (Å²) in [5, 5.41) is 4.69. The molecule has 3 rings (SSSR count). The van der Waals surface area contributed by atoms with Crippen LogP contribution in [0.5, 0.6) is 11.5 Å². The highest BCUT2D eigenvalue weighted by atomic mass is 16.5. The van der Waals surface area contributed by atoms with Crippen molar-refractivity contribution >= 4 is 21.5 Å². The van der Waals surface area contributed by atoms with Crippen LogP contribution in [-0.4, -0.2) is 13.2 Å². The van der Waals surface area contributed by atoms with Gasteiger partial charge >= 0.3 is 0 Å². The fourth-order valence-corrected chi connectivity index (χ4v) is 4.45. The molecule has 32 heavy (non-hydrogen) atoms. The molecule has 2 heteroatoms. The van der Waals surface area contributed by atoms with Crippen molar-refractivity contribution in [3.63, 3.8) is 0 Å². The number of hydrogen-bond donors (Lipinski definition) is 0. The van der Waals surface area contributed by atoms with Crippen LogP contribution < -0.4 is 9.47 Å². The van der Waals surface area contributed by atoms with Gasteiger partial charge in [-0.15, -0.1) is 0 Å². The third-order valence-corrected chi connectivity index (χ3v) is 6.32. The second-order valence-electron chi connectivity index (χ2n) is 9.28. The number of hydrogen-bond acceptors (Lipinski definition) is 2. The molecule has 0 aliphatic heterocycles. The van der Waals surface area contributed by atoms with Gasteiger partial charge < -0.3 is 9.47 Å². The fraction of sp³-hybridized carbons (Fsp3) is 0.533. The summed E-state index contributed by atoms with van der Waals surface area (Å²) >= 11 is 0. The maximum absolute atomic E-state index is 6.48. The zero-order valence-corrected chi connectivity index (χ0v) is 20.8. The molecule has 3 aromatic rings. The number of ether oxygens (including phenoxy) is 2. The molecule has 0 atom stereocenters. The first kappa shape index (κ1) is 24.4. The van der Waals surface area contributed by atoms with Gasteiger partial charge in [0, 0.05) is 21.5 Å². The maximum atomic E-state index is 6.48. The smallest absolute Gasteiger partial charge is 0.135 e. The Morgan fingerprint density at radius 1 is 0.500 bits per heavy atom.